The van der Waals surface area contributed by atoms with Gasteiger partial charge >= 0.3 is 0 Å². The maximum absolute atomic E-state index is 12.5. The lowest BCUT2D eigenvalue weighted by Crippen LogP contribution is -2.17. The van der Waals surface area contributed by atoms with E-state index in [2.05, 4.69) is 30.8 Å². The number of benzene rings is 2. The molecule has 0 aliphatic heterocycles. The third-order valence-corrected chi connectivity index (χ3v) is 5.38. The molecule has 3 aromatic heterocycles. The van der Waals surface area contributed by atoms with Crippen LogP contribution in [0.15, 0.2) is 78.2 Å². The number of pyridine rings is 2. The van der Waals surface area contributed by atoms with E-state index in [-0.39, 0.29) is 5.91 Å². The Kier molecular flexibility index (Phi) is 5.61. The zero-order valence-electron chi connectivity index (χ0n) is 18.7. The van der Waals surface area contributed by atoms with Gasteiger partial charge in [0.15, 0.2) is 0 Å². The summed E-state index contributed by atoms with van der Waals surface area (Å²) in [5.41, 5.74) is 8.18. The molecule has 8 heteroatoms. The Morgan fingerprint density at radius 3 is 2.76 bits per heavy atom. The molecule has 5 rings (SSSR count). The van der Waals surface area contributed by atoms with Crippen molar-refractivity contribution in [3.05, 3.63) is 90.0 Å². The van der Waals surface area contributed by atoms with Gasteiger partial charge in [0.25, 0.3) is 5.91 Å². The number of methoxy groups -OCH3 is 1. The first-order valence-electron chi connectivity index (χ1n) is 10.7. The SMILES string of the molecule is COc1cccc2c(Nc3ccc4[nH]c(C(=O)N/N=C/c5ccncc5)cc4c3)cc(C)nc12. The van der Waals surface area contributed by atoms with Crippen molar-refractivity contribution in [2.75, 3.05) is 12.4 Å². The van der Waals surface area contributed by atoms with Crippen molar-refractivity contribution < 1.29 is 9.53 Å². The highest BCUT2D eigenvalue weighted by Gasteiger charge is 2.11. The average molecular weight is 451 g/mol. The van der Waals surface area contributed by atoms with Gasteiger partial charge in [-0.15, -0.1) is 0 Å². The van der Waals surface area contributed by atoms with Gasteiger partial charge in [-0.25, -0.2) is 10.4 Å². The first kappa shape index (κ1) is 21.1. The third kappa shape index (κ3) is 4.29. The molecule has 168 valence electrons. The van der Waals surface area contributed by atoms with Gasteiger partial charge in [-0.2, -0.15) is 5.10 Å². The van der Waals surface area contributed by atoms with E-state index >= 15 is 0 Å². The van der Waals surface area contributed by atoms with Crippen molar-refractivity contribution in [2.24, 2.45) is 5.10 Å². The first-order valence-corrected chi connectivity index (χ1v) is 10.7. The highest BCUT2D eigenvalue weighted by Crippen LogP contribution is 2.32. The number of carbonyl (C=O) groups excluding carboxylic acids is 1. The molecule has 0 radical (unpaired) electrons. The van der Waals surface area contributed by atoms with E-state index in [1.54, 1.807) is 43.9 Å². The van der Waals surface area contributed by atoms with E-state index in [0.717, 1.165) is 50.2 Å². The number of anilines is 2. The van der Waals surface area contributed by atoms with E-state index in [9.17, 15) is 4.79 Å². The lowest BCUT2D eigenvalue weighted by atomic mass is 10.1. The van der Waals surface area contributed by atoms with Crippen molar-refractivity contribution in [2.45, 2.75) is 6.92 Å². The zero-order chi connectivity index (χ0) is 23.5. The number of ether oxygens (including phenoxy) is 1. The quantitative estimate of drug-likeness (QED) is 0.251. The number of aryl methyl sites for hydroxylation is 1. The fraction of sp³-hybridized carbons (Fsp3) is 0.0769. The molecular weight excluding hydrogens is 428 g/mol. The van der Waals surface area contributed by atoms with Gasteiger partial charge in [-0.05, 0) is 61.0 Å². The smallest absolute Gasteiger partial charge is 0.287 e. The van der Waals surface area contributed by atoms with E-state index in [1.165, 1.54) is 0 Å². The number of H-pyrrole nitrogens is 1. The lowest BCUT2D eigenvalue weighted by Gasteiger charge is -2.13. The van der Waals surface area contributed by atoms with Crippen molar-refractivity contribution in [3.8, 4) is 5.75 Å². The summed E-state index contributed by atoms with van der Waals surface area (Å²) in [5.74, 6) is 0.409. The van der Waals surface area contributed by atoms with Gasteiger partial charge in [-0.3, -0.25) is 9.78 Å². The number of fused-ring (bicyclic) bond motifs is 2. The fourth-order valence-electron chi connectivity index (χ4n) is 3.78. The van der Waals surface area contributed by atoms with Crippen molar-refractivity contribution in [3.63, 3.8) is 0 Å². The van der Waals surface area contributed by atoms with Crippen LogP contribution in [0.5, 0.6) is 5.75 Å². The summed E-state index contributed by atoms with van der Waals surface area (Å²) in [7, 11) is 1.64. The van der Waals surface area contributed by atoms with Gasteiger partial charge < -0.3 is 15.0 Å². The topological polar surface area (TPSA) is 104 Å². The Morgan fingerprint density at radius 2 is 1.94 bits per heavy atom. The van der Waals surface area contributed by atoms with Gasteiger partial charge in [0.05, 0.1) is 13.3 Å². The minimum atomic E-state index is -0.320. The van der Waals surface area contributed by atoms with E-state index < -0.39 is 0 Å². The second kappa shape index (κ2) is 9.03. The molecule has 0 saturated heterocycles. The molecule has 0 fully saturated rings. The molecule has 0 spiro atoms. The van der Waals surface area contributed by atoms with Crippen molar-refractivity contribution in [1.82, 2.24) is 20.4 Å². The molecule has 0 bridgehead atoms. The van der Waals surface area contributed by atoms with Crippen LogP contribution in [0.3, 0.4) is 0 Å². The average Bonchev–Trinajstić information content (AvgIpc) is 3.28. The molecule has 1 amide bonds. The van der Waals surface area contributed by atoms with Crippen LogP contribution < -0.4 is 15.5 Å². The molecule has 3 N–H and O–H groups in total. The van der Waals surface area contributed by atoms with Crippen molar-refractivity contribution >= 4 is 45.3 Å². The van der Waals surface area contributed by atoms with Crippen LogP contribution in [-0.4, -0.2) is 34.2 Å². The van der Waals surface area contributed by atoms with Crippen molar-refractivity contribution in [1.29, 1.82) is 0 Å². The highest BCUT2D eigenvalue weighted by molar-refractivity contribution is 6.00. The molecule has 0 aliphatic carbocycles. The molecule has 0 atom stereocenters. The van der Waals surface area contributed by atoms with Crippen LogP contribution in [0, 0.1) is 6.92 Å². The molecule has 3 heterocycles. The van der Waals surface area contributed by atoms with Crippen LogP contribution in [-0.2, 0) is 0 Å². The van der Waals surface area contributed by atoms with Crippen LogP contribution in [0.1, 0.15) is 21.7 Å². The number of aromatic amines is 1. The second-order valence-electron chi connectivity index (χ2n) is 7.76. The Balaban J connectivity index is 1.38. The number of para-hydroxylation sites is 1. The molecule has 5 aromatic rings. The normalized spacial score (nSPS) is 11.2. The summed E-state index contributed by atoms with van der Waals surface area (Å²) in [5, 5.41) is 9.36. The Bertz CT molecular complexity index is 1530. The fourth-order valence-corrected chi connectivity index (χ4v) is 3.78. The van der Waals surface area contributed by atoms with Crippen LogP contribution >= 0.6 is 0 Å². The molecular formula is C26H22N6O2. The van der Waals surface area contributed by atoms with E-state index in [1.807, 2.05) is 49.4 Å². The molecule has 34 heavy (non-hydrogen) atoms. The second-order valence-corrected chi connectivity index (χ2v) is 7.76. The highest BCUT2D eigenvalue weighted by atomic mass is 16.5. The summed E-state index contributed by atoms with van der Waals surface area (Å²) < 4.78 is 5.48. The maximum Gasteiger partial charge on any atom is 0.287 e. The largest absolute Gasteiger partial charge is 0.494 e. The number of carbonyl (C=O) groups is 1. The van der Waals surface area contributed by atoms with Gasteiger partial charge in [0.1, 0.15) is 17.0 Å². The van der Waals surface area contributed by atoms with Crippen LogP contribution in [0.25, 0.3) is 21.8 Å². The third-order valence-electron chi connectivity index (χ3n) is 5.38. The summed E-state index contributed by atoms with van der Waals surface area (Å²) in [4.78, 5) is 24.2. The Hall–Kier alpha value is -4.72. The summed E-state index contributed by atoms with van der Waals surface area (Å²) in [6.07, 6.45) is 4.90. The minimum Gasteiger partial charge on any atom is -0.494 e. The summed E-state index contributed by atoms with van der Waals surface area (Å²) in [6.45, 7) is 1.95. The number of amides is 1. The standard InChI is InChI=1S/C26H22N6O2/c1-16-12-22(20-4-3-5-24(34-2)25(20)29-16)30-19-6-7-21-18(13-19)14-23(31-21)26(33)32-28-15-17-8-10-27-11-9-17/h3-15,31H,1-2H3,(H,29,30)(H,32,33)/b28-15+. The summed E-state index contributed by atoms with van der Waals surface area (Å²) >= 11 is 0. The summed E-state index contributed by atoms with van der Waals surface area (Å²) in [6, 6.07) is 19.2. The van der Waals surface area contributed by atoms with E-state index in [4.69, 9.17) is 4.74 Å². The monoisotopic (exact) mass is 450 g/mol. The number of hydrogen-bond donors (Lipinski definition) is 3. The zero-order valence-corrected chi connectivity index (χ0v) is 18.7. The molecule has 8 nitrogen and oxygen atoms in total. The molecule has 0 saturated carbocycles. The number of hydrogen-bond acceptors (Lipinski definition) is 6. The lowest BCUT2D eigenvalue weighted by molar-refractivity contribution is 0.0951. The van der Waals surface area contributed by atoms with Gasteiger partial charge in [0.2, 0.25) is 0 Å². The van der Waals surface area contributed by atoms with Crippen LogP contribution in [0.2, 0.25) is 0 Å². The molecule has 0 aliphatic rings. The number of nitrogens with zero attached hydrogens (tertiary/aromatic N) is 3. The number of aromatic nitrogens is 3. The van der Waals surface area contributed by atoms with Crippen LogP contribution in [0.4, 0.5) is 11.4 Å². The molecule has 0 unspecified atom stereocenters. The van der Waals surface area contributed by atoms with Gasteiger partial charge in [-0.1, -0.05) is 12.1 Å². The van der Waals surface area contributed by atoms with Gasteiger partial charge in [0, 0.05) is 45.8 Å². The predicted molar refractivity (Wildman–Crippen MR) is 134 cm³/mol. The Morgan fingerprint density at radius 1 is 1.09 bits per heavy atom. The Labute approximate surface area is 195 Å². The van der Waals surface area contributed by atoms with E-state index in [0.29, 0.717) is 5.69 Å². The predicted octanol–water partition coefficient (Wildman–Crippen LogP) is 4.94. The number of rotatable bonds is 6. The number of hydrazone groups is 1. The minimum absolute atomic E-state index is 0.320. The first-order chi connectivity index (χ1) is 16.6. The maximum atomic E-state index is 12.5. The number of nitrogens with one attached hydrogen (secondary N) is 3. The molecule has 2 aromatic carbocycles.